The van der Waals surface area contributed by atoms with Crippen LogP contribution in [0.4, 0.5) is 5.69 Å². The highest BCUT2D eigenvalue weighted by Gasteiger charge is 2.23. The van der Waals surface area contributed by atoms with E-state index in [4.69, 9.17) is 0 Å². The Bertz CT molecular complexity index is 392. The van der Waals surface area contributed by atoms with Gasteiger partial charge in [0.15, 0.2) is 0 Å². The lowest BCUT2D eigenvalue weighted by molar-refractivity contribution is -0.118. The van der Waals surface area contributed by atoms with Crippen molar-refractivity contribution in [1.82, 2.24) is 0 Å². The van der Waals surface area contributed by atoms with E-state index in [9.17, 15) is 4.79 Å². The highest BCUT2D eigenvalue weighted by Crippen LogP contribution is 2.28. The van der Waals surface area contributed by atoms with Gasteiger partial charge in [0.2, 0.25) is 5.91 Å². The number of carbonyl (C=O) groups is 1. The Morgan fingerprint density at radius 2 is 2.06 bits per heavy atom. The van der Waals surface area contributed by atoms with E-state index < -0.39 is 0 Å². The topological polar surface area (TPSA) is 20.3 Å². The second-order valence-corrected chi connectivity index (χ2v) is 5.22. The summed E-state index contributed by atoms with van der Waals surface area (Å²) in [5, 5.41) is 1.04. The minimum absolute atomic E-state index is 0.282. The Morgan fingerprint density at radius 3 is 2.88 bits per heavy atom. The molecule has 1 aromatic rings. The summed E-state index contributed by atoms with van der Waals surface area (Å²) in [6.07, 6.45) is 4.98. The van der Waals surface area contributed by atoms with E-state index in [-0.39, 0.29) is 5.91 Å². The lowest BCUT2D eigenvalue weighted by Crippen LogP contribution is -2.28. The summed E-state index contributed by atoms with van der Waals surface area (Å²) < 4.78 is 0. The van der Waals surface area contributed by atoms with E-state index in [0.29, 0.717) is 6.42 Å². The Balaban J connectivity index is 1.89. The number of para-hydroxylation sites is 1. The molecule has 1 amide bonds. The number of rotatable bonds is 5. The Kier molecular flexibility index (Phi) is 4.60. The van der Waals surface area contributed by atoms with Crippen LogP contribution >= 0.6 is 15.9 Å². The molecule has 1 aromatic carbocycles. The van der Waals surface area contributed by atoms with E-state index in [0.717, 1.165) is 43.2 Å². The number of nitrogens with zero attached hydrogens (tertiary/aromatic N) is 1. The first kappa shape index (κ1) is 12.6. The van der Waals surface area contributed by atoms with Gasteiger partial charge < -0.3 is 4.90 Å². The van der Waals surface area contributed by atoms with E-state index >= 15 is 0 Å². The number of fused-ring (bicyclic) bond motifs is 1. The number of halogens is 1. The second kappa shape index (κ2) is 6.20. The highest BCUT2D eigenvalue weighted by molar-refractivity contribution is 9.09. The van der Waals surface area contributed by atoms with Crippen molar-refractivity contribution < 1.29 is 4.79 Å². The third-order valence-electron chi connectivity index (χ3n) is 3.21. The number of unbranched alkanes of at least 4 members (excludes halogenated alkanes) is 2. The zero-order valence-electron chi connectivity index (χ0n) is 9.99. The van der Waals surface area contributed by atoms with Gasteiger partial charge in [-0.3, -0.25) is 4.79 Å². The maximum atomic E-state index is 12.1. The van der Waals surface area contributed by atoms with Crippen molar-refractivity contribution >= 4 is 27.5 Å². The lowest BCUT2D eigenvalue weighted by atomic mass is 10.1. The summed E-state index contributed by atoms with van der Waals surface area (Å²) in [4.78, 5) is 14.0. The highest BCUT2D eigenvalue weighted by atomic mass is 79.9. The van der Waals surface area contributed by atoms with Crippen LogP contribution in [-0.4, -0.2) is 17.8 Å². The number of benzene rings is 1. The number of hydrogen-bond acceptors (Lipinski definition) is 1. The summed E-state index contributed by atoms with van der Waals surface area (Å²) in [6.45, 7) is 0.858. The van der Waals surface area contributed by atoms with Gasteiger partial charge in [-0.05, 0) is 30.9 Å². The molecule has 0 fully saturated rings. The number of alkyl halides is 1. The molecule has 3 heteroatoms. The largest absolute Gasteiger partial charge is 0.312 e. The molecule has 1 aliphatic rings. The van der Waals surface area contributed by atoms with E-state index in [1.165, 1.54) is 5.56 Å². The van der Waals surface area contributed by atoms with Gasteiger partial charge in [0.1, 0.15) is 0 Å². The second-order valence-electron chi connectivity index (χ2n) is 4.42. The predicted octanol–water partition coefficient (Wildman–Crippen LogP) is 3.53. The van der Waals surface area contributed by atoms with Crippen LogP contribution in [0, 0.1) is 0 Å². The van der Waals surface area contributed by atoms with Gasteiger partial charge in [-0.15, -0.1) is 0 Å². The first-order chi connectivity index (χ1) is 8.33. The smallest absolute Gasteiger partial charge is 0.226 e. The van der Waals surface area contributed by atoms with Crippen molar-refractivity contribution in [2.24, 2.45) is 0 Å². The van der Waals surface area contributed by atoms with Crippen LogP contribution in [0.5, 0.6) is 0 Å². The predicted molar refractivity (Wildman–Crippen MR) is 74.8 cm³/mol. The Hall–Kier alpha value is -0.830. The number of carbonyl (C=O) groups excluding carboxylic acids is 1. The molecule has 1 aliphatic heterocycles. The quantitative estimate of drug-likeness (QED) is 0.601. The fourth-order valence-corrected chi connectivity index (χ4v) is 2.68. The van der Waals surface area contributed by atoms with Gasteiger partial charge >= 0.3 is 0 Å². The van der Waals surface area contributed by atoms with Crippen molar-refractivity contribution in [1.29, 1.82) is 0 Å². The van der Waals surface area contributed by atoms with Gasteiger partial charge in [0.05, 0.1) is 0 Å². The van der Waals surface area contributed by atoms with Crippen molar-refractivity contribution in [2.75, 3.05) is 16.8 Å². The summed E-state index contributed by atoms with van der Waals surface area (Å²) in [6, 6.07) is 8.23. The van der Waals surface area contributed by atoms with Crippen LogP contribution in [0.15, 0.2) is 24.3 Å². The first-order valence-electron chi connectivity index (χ1n) is 6.27. The van der Waals surface area contributed by atoms with Crippen molar-refractivity contribution in [3.8, 4) is 0 Å². The van der Waals surface area contributed by atoms with Gasteiger partial charge in [-0.1, -0.05) is 40.5 Å². The molecule has 2 rings (SSSR count). The van der Waals surface area contributed by atoms with Gasteiger partial charge in [0.25, 0.3) is 0 Å². The van der Waals surface area contributed by atoms with Crippen molar-refractivity contribution in [3.05, 3.63) is 29.8 Å². The molecular weight excluding hydrogens is 278 g/mol. The molecule has 0 radical (unpaired) electrons. The van der Waals surface area contributed by atoms with Crippen LogP contribution < -0.4 is 4.90 Å². The third-order valence-corrected chi connectivity index (χ3v) is 3.77. The molecule has 92 valence electrons. The number of hydrogen-bond donors (Lipinski definition) is 0. The SMILES string of the molecule is O=C(CCCCCBr)N1CCc2ccccc21. The maximum Gasteiger partial charge on any atom is 0.226 e. The molecule has 0 aliphatic carbocycles. The van der Waals surface area contributed by atoms with Crippen LogP contribution in [0.2, 0.25) is 0 Å². The van der Waals surface area contributed by atoms with Crippen LogP contribution in [0.1, 0.15) is 31.2 Å². The minimum atomic E-state index is 0.282. The Labute approximate surface area is 111 Å². The number of amides is 1. The average Bonchev–Trinajstić information content (AvgIpc) is 2.78. The Morgan fingerprint density at radius 1 is 1.24 bits per heavy atom. The molecule has 0 N–H and O–H groups in total. The zero-order chi connectivity index (χ0) is 12.1. The normalized spacial score (nSPS) is 13.8. The third kappa shape index (κ3) is 3.09. The molecule has 0 aromatic heterocycles. The summed E-state index contributed by atoms with van der Waals surface area (Å²) >= 11 is 3.41. The van der Waals surface area contributed by atoms with Crippen LogP contribution in [-0.2, 0) is 11.2 Å². The fraction of sp³-hybridized carbons (Fsp3) is 0.500. The van der Waals surface area contributed by atoms with Crippen LogP contribution in [0.25, 0.3) is 0 Å². The van der Waals surface area contributed by atoms with Crippen LogP contribution in [0.3, 0.4) is 0 Å². The van der Waals surface area contributed by atoms with E-state index in [2.05, 4.69) is 28.1 Å². The molecule has 0 saturated carbocycles. The molecule has 17 heavy (non-hydrogen) atoms. The van der Waals surface area contributed by atoms with Gasteiger partial charge in [-0.25, -0.2) is 0 Å². The van der Waals surface area contributed by atoms with Crippen molar-refractivity contribution in [2.45, 2.75) is 32.1 Å². The maximum absolute atomic E-state index is 12.1. The molecule has 0 atom stereocenters. The van der Waals surface area contributed by atoms with Crippen molar-refractivity contribution in [3.63, 3.8) is 0 Å². The fourth-order valence-electron chi connectivity index (χ4n) is 2.28. The summed E-state index contributed by atoms with van der Waals surface area (Å²) in [5.41, 5.74) is 2.43. The molecule has 0 spiro atoms. The van der Waals surface area contributed by atoms with E-state index in [1.807, 2.05) is 17.0 Å². The first-order valence-corrected chi connectivity index (χ1v) is 7.39. The van der Waals surface area contributed by atoms with E-state index in [1.54, 1.807) is 0 Å². The molecular formula is C14H18BrNO. The molecule has 0 bridgehead atoms. The molecule has 0 saturated heterocycles. The monoisotopic (exact) mass is 295 g/mol. The minimum Gasteiger partial charge on any atom is -0.312 e. The number of anilines is 1. The zero-order valence-corrected chi connectivity index (χ0v) is 11.6. The lowest BCUT2D eigenvalue weighted by Gasteiger charge is -2.17. The molecule has 2 nitrogen and oxygen atoms in total. The summed E-state index contributed by atoms with van der Waals surface area (Å²) in [5.74, 6) is 0.282. The average molecular weight is 296 g/mol. The van der Waals surface area contributed by atoms with Gasteiger partial charge in [0, 0.05) is 24.0 Å². The standard InChI is InChI=1S/C14H18BrNO/c15-10-5-1-2-8-14(17)16-11-9-12-6-3-4-7-13(12)16/h3-4,6-7H,1-2,5,8-11H2. The molecule has 1 heterocycles. The molecule has 0 unspecified atom stereocenters. The van der Waals surface area contributed by atoms with Gasteiger partial charge in [-0.2, -0.15) is 0 Å². The summed E-state index contributed by atoms with van der Waals surface area (Å²) in [7, 11) is 0.